The molecule has 6 heteroatoms. The van der Waals surface area contributed by atoms with Gasteiger partial charge in [0.05, 0.1) is 23.6 Å². The van der Waals surface area contributed by atoms with Crippen molar-refractivity contribution in [3.63, 3.8) is 0 Å². The Labute approximate surface area is 134 Å². The van der Waals surface area contributed by atoms with Crippen molar-refractivity contribution in [2.45, 2.75) is 26.3 Å². The van der Waals surface area contributed by atoms with Crippen molar-refractivity contribution in [3.05, 3.63) is 60.2 Å². The van der Waals surface area contributed by atoms with E-state index in [9.17, 15) is 4.39 Å². The second kappa shape index (κ2) is 6.24. The minimum absolute atomic E-state index is 0.0759. The molecule has 120 valence electrons. The molecule has 0 amide bonds. The van der Waals surface area contributed by atoms with E-state index in [1.807, 2.05) is 24.7 Å². The van der Waals surface area contributed by atoms with Crippen LogP contribution >= 0.6 is 0 Å². The highest BCUT2D eigenvalue weighted by Gasteiger charge is 2.17. The predicted molar refractivity (Wildman–Crippen MR) is 88.1 cm³/mol. The van der Waals surface area contributed by atoms with Crippen LogP contribution in [-0.2, 0) is 7.05 Å². The normalized spacial score (nSPS) is 12.3. The molecule has 0 unspecified atom stereocenters. The molecule has 5 nitrogen and oxygen atoms in total. The number of para-hydroxylation sites is 1. The van der Waals surface area contributed by atoms with Crippen molar-refractivity contribution in [2.75, 3.05) is 5.32 Å². The average Bonchev–Trinajstić information content (AvgIpc) is 3.12. The first-order valence-corrected chi connectivity index (χ1v) is 7.65. The molecule has 0 spiro atoms. The van der Waals surface area contributed by atoms with E-state index in [4.69, 9.17) is 0 Å². The Morgan fingerprint density at radius 2 is 2.09 bits per heavy atom. The van der Waals surface area contributed by atoms with Crippen LogP contribution in [0.1, 0.15) is 30.9 Å². The molecule has 0 bridgehead atoms. The molecule has 1 aromatic carbocycles. The molecule has 1 atom stereocenters. The average molecular weight is 313 g/mol. The molecular formula is C17H20FN5. The monoisotopic (exact) mass is 313 g/mol. The first-order chi connectivity index (χ1) is 11.1. The molecular weight excluding hydrogens is 293 g/mol. The number of hydrogen-bond donors (Lipinski definition) is 1. The summed E-state index contributed by atoms with van der Waals surface area (Å²) in [6, 6.07) is 6.70. The maximum atomic E-state index is 14.0. The van der Waals surface area contributed by atoms with Gasteiger partial charge in [-0.25, -0.2) is 14.1 Å². The van der Waals surface area contributed by atoms with Crippen LogP contribution in [0.4, 0.5) is 10.1 Å². The van der Waals surface area contributed by atoms with Gasteiger partial charge in [-0.15, -0.1) is 0 Å². The zero-order valence-corrected chi connectivity index (χ0v) is 13.5. The van der Waals surface area contributed by atoms with Crippen molar-refractivity contribution in [1.82, 2.24) is 19.3 Å². The third-order valence-corrected chi connectivity index (χ3v) is 4.00. The van der Waals surface area contributed by atoms with Crippen molar-refractivity contribution < 1.29 is 4.39 Å². The number of hydrogen-bond acceptors (Lipinski definition) is 3. The number of rotatable bonds is 5. The molecule has 0 fully saturated rings. The van der Waals surface area contributed by atoms with Crippen LogP contribution in [0.5, 0.6) is 0 Å². The fraction of sp³-hybridized carbons (Fsp3) is 0.294. The minimum Gasteiger partial charge on any atom is -0.372 e. The molecule has 3 aromatic rings. The molecule has 0 saturated heterocycles. The molecule has 2 aromatic heterocycles. The van der Waals surface area contributed by atoms with Gasteiger partial charge in [-0.2, -0.15) is 5.10 Å². The van der Waals surface area contributed by atoms with Gasteiger partial charge in [-0.3, -0.25) is 0 Å². The second-order valence-corrected chi connectivity index (χ2v) is 5.51. The summed E-state index contributed by atoms with van der Waals surface area (Å²) in [4.78, 5) is 4.41. The Balaban J connectivity index is 1.90. The van der Waals surface area contributed by atoms with E-state index in [0.717, 1.165) is 23.6 Å². The molecule has 23 heavy (non-hydrogen) atoms. The lowest BCUT2D eigenvalue weighted by molar-refractivity contribution is 0.608. The highest BCUT2D eigenvalue weighted by molar-refractivity contribution is 5.50. The smallest absolute Gasteiger partial charge is 0.148 e. The van der Waals surface area contributed by atoms with Crippen LogP contribution in [0.15, 0.2) is 42.9 Å². The molecule has 3 rings (SSSR count). The van der Waals surface area contributed by atoms with Crippen molar-refractivity contribution in [1.29, 1.82) is 0 Å². The highest BCUT2D eigenvalue weighted by atomic mass is 19.1. The number of aryl methyl sites for hydroxylation is 1. The number of nitrogens with zero attached hydrogens (tertiary/aromatic N) is 4. The van der Waals surface area contributed by atoms with Crippen LogP contribution in [0.2, 0.25) is 0 Å². The van der Waals surface area contributed by atoms with E-state index >= 15 is 0 Å². The van der Waals surface area contributed by atoms with E-state index in [0.29, 0.717) is 5.69 Å². The van der Waals surface area contributed by atoms with Crippen molar-refractivity contribution in [3.8, 4) is 5.69 Å². The van der Waals surface area contributed by atoms with Crippen LogP contribution in [0.3, 0.4) is 0 Å². The maximum Gasteiger partial charge on any atom is 0.148 e. The minimum atomic E-state index is -0.290. The molecule has 2 heterocycles. The van der Waals surface area contributed by atoms with Gasteiger partial charge >= 0.3 is 0 Å². The van der Waals surface area contributed by atoms with Gasteiger partial charge in [0.15, 0.2) is 0 Å². The molecule has 0 radical (unpaired) electrons. The van der Waals surface area contributed by atoms with Crippen LogP contribution in [0, 0.1) is 12.7 Å². The summed E-state index contributed by atoms with van der Waals surface area (Å²) in [7, 11) is 1.97. The first kappa shape index (κ1) is 15.3. The predicted octanol–water partition coefficient (Wildman–Crippen LogP) is 3.62. The topological polar surface area (TPSA) is 47.7 Å². The van der Waals surface area contributed by atoms with Gasteiger partial charge in [-0.1, -0.05) is 19.1 Å². The Hall–Kier alpha value is -2.63. The van der Waals surface area contributed by atoms with Crippen molar-refractivity contribution >= 4 is 5.69 Å². The van der Waals surface area contributed by atoms with Crippen LogP contribution in [-0.4, -0.2) is 19.3 Å². The third-order valence-electron chi connectivity index (χ3n) is 4.00. The van der Waals surface area contributed by atoms with E-state index in [1.165, 1.54) is 6.07 Å². The summed E-state index contributed by atoms with van der Waals surface area (Å²) < 4.78 is 17.6. The summed E-state index contributed by atoms with van der Waals surface area (Å²) >= 11 is 0. The molecule has 1 N–H and O–H groups in total. The Kier molecular flexibility index (Phi) is 4.14. The quantitative estimate of drug-likeness (QED) is 0.782. The zero-order valence-electron chi connectivity index (χ0n) is 13.5. The summed E-state index contributed by atoms with van der Waals surface area (Å²) in [5.74, 6) is 0.673. The third kappa shape index (κ3) is 2.84. The van der Waals surface area contributed by atoms with E-state index in [1.54, 1.807) is 35.3 Å². The van der Waals surface area contributed by atoms with Gasteiger partial charge in [0.1, 0.15) is 17.3 Å². The van der Waals surface area contributed by atoms with E-state index < -0.39 is 0 Å². The maximum absolute atomic E-state index is 14.0. The van der Waals surface area contributed by atoms with Gasteiger partial charge in [0.2, 0.25) is 0 Å². The summed E-state index contributed by atoms with van der Waals surface area (Å²) in [5.41, 5.74) is 2.19. The van der Waals surface area contributed by atoms with Gasteiger partial charge in [0.25, 0.3) is 0 Å². The lowest BCUT2D eigenvalue weighted by atomic mass is 10.2. The fourth-order valence-electron chi connectivity index (χ4n) is 2.67. The molecule has 0 saturated carbocycles. The molecule has 0 aliphatic carbocycles. The SMILES string of the molecule is CC[C@H](Nc1cnn(-c2ccccc2F)c1C)c1nccn1C. The number of nitrogens with one attached hydrogen (secondary N) is 1. The van der Waals surface area contributed by atoms with Gasteiger partial charge < -0.3 is 9.88 Å². The summed E-state index contributed by atoms with van der Waals surface area (Å²) in [6.45, 7) is 4.02. The van der Waals surface area contributed by atoms with Crippen molar-refractivity contribution in [2.24, 2.45) is 7.05 Å². The lowest BCUT2D eigenvalue weighted by Crippen LogP contribution is -2.15. The van der Waals surface area contributed by atoms with Crippen LogP contribution < -0.4 is 5.32 Å². The first-order valence-electron chi connectivity index (χ1n) is 7.65. The van der Waals surface area contributed by atoms with Gasteiger partial charge in [0, 0.05) is 19.4 Å². The Morgan fingerprint density at radius 3 is 2.74 bits per heavy atom. The van der Waals surface area contributed by atoms with E-state index in [2.05, 4.69) is 22.3 Å². The standard InChI is InChI=1S/C17H20FN5/c1-4-14(17-19-9-10-22(17)3)21-15-11-20-23(12(15)2)16-8-6-5-7-13(16)18/h5-11,14,21H,4H2,1-3H3/t14-/m0/s1. The highest BCUT2D eigenvalue weighted by Crippen LogP contribution is 2.25. The number of anilines is 1. The largest absolute Gasteiger partial charge is 0.372 e. The fourth-order valence-corrected chi connectivity index (χ4v) is 2.67. The lowest BCUT2D eigenvalue weighted by Gasteiger charge is -2.17. The second-order valence-electron chi connectivity index (χ2n) is 5.51. The molecule has 0 aliphatic rings. The number of imidazole rings is 1. The van der Waals surface area contributed by atoms with E-state index in [-0.39, 0.29) is 11.9 Å². The zero-order chi connectivity index (χ0) is 16.4. The number of aromatic nitrogens is 4. The number of halogens is 1. The molecule has 0 aliphatic heterocycles. The van der Waals surface area contributed by atoms with Crippen LogP contribution in [0.25, 0.3) is 5.69 Å². The van der Waals surface area contributed by atoms with Gasteiger partial charge in [-0.05, 0) is 25.5 Å². The summed E-state index contributed by atoms with van der Waals surface area (Å²) in [5, 5.41) is 7.79. The summed E-state index contributed by atoms with van der Waals surface area (Å²) in [6.07, 6.45) is 6.33. The number of benzene rings is 1. The Bertz CT molecular complexity index is 805. The Morgan fingerprint density at radius 1 is 1.30 bits per heavy atom.